The van der Waals surface area contributed by atoms with Gasteiger partial charge < -0.3 is 5.32 Å². The fraction of sp³-hybridized carbons (Fsp3) is 0.0833. The number of amides is 1. The lowest BCUT2D eigenvalue weighted by Crippen LogP contribution is -2.29. The van der Waals surface area contributed by atoms with Crippen molar-refractivity contribution < 1.29 is 4.79 Å². The Morgan fingerprint density at radius 3 is 2.48 bits per heavy atom. The van der Waals surface area contributed by atoms with Crippen LogP contribution >= 0.6 is 0 Å². The highest BCUT2D eigenvalue weighted by atomic mass is 16.1. The van der Waals surface area contributed by atoms with Gasteiger partial charge in [0.2, 0.25) is 0 Å². The third-order valence-corrected chi connectivity index (χ3v) is 5.36. The van der Waals surface area contributed by atoms with E-state index >= 15 is 0 Å². The summed E-state index contributed by atoms with van der Waals surface area (Å²) < 4.78 is 1.92. The first-order valence-corrected chi connectivity index (χ1v) is 10.3. The molecule has 33 heavy (non-hydrogen) atoms. The number of hydrogen-bond acceptors (Lipinski definition) is 5. The summed E-state index contributed by atoms with van der Waals surface area (Å²) in [6.45, 7) is 1.87. The summed E-state index contributed by atoms with van der Waals surface area (Å²) in [5.74, 6) is 0.881. The van der Waals surface area contributed by atoms with Crippen LogP contribution in [-0.2, 0) is 0 Å². The van der Waals surface area contributed by atoms with Gasteiger partial charge in [0.05, 0.1) is 11.4 Å². The number of nitrogens with one attached hydrogen (secondary N) is 1. The first-order valence-electron chi connectivity index (χ1n) is 10.3. The maximum atomic E-state index is 13.1. The maximum absolute atomic E-state index is 13.1. The Morgan fingerprint density at radius 2 is 1.73 bits per heavy atom. The van der Waals surface area contributed by atoms with Crippen molar-refractivity contribution in [3.05, 3.63) is 118 Å². The molecule has 1 unspecified atom stereocenters. The van der Waals surface area contributed by atoms with Crippen LogP contribution in [0.5, 0.6) is 0 Å². The molecule has 1 aliphatic heterocycles. The molecule has 0 bridgehead atoms. The van der Waals surface area contributed by atoms with Crippen molar-refractivity contribution in [2.45, 2.75) is 13.1 Å². The molecule has 1 atom stereocenters. The second-order valence-corrected chi connectivity index (χ2v) is 7.41. The van der Waals surface area contributed by atoms with Gasteiger partial charge in [-0.1, -0.05) is 65.8 Å². The average Bonchev–Trinajstić information content (AvgIpc) is 3.17. The van der Waals surface area contributed by atoms with Crippen LogP contribution in [0.15, 0.2) is 89.0 Å². The molecule has 0 radical (unpaired) electrons. The van der Waals surface area contributed by atoms with Crippen LogP contribution in [0.1, 0.15) is 39.3 Å². The van der Waals surface area contributed by atoms with Crippen molar-refractivity contribution in [1.82, 2.24) is 20.1 Å². The summed E-state index contributed by atoms with van der Waals surface area (Å²) in [4.78, 5) is 20.8. The number of aliphatic imine (C=N–C) groups is 1. The Hall–Kier alpha value is -4.75. The number of carbonyl (C=O) groups is 1. The average molecular weight is 434 g/mol. The molecule has 0 aliphatic carbocycles. The zero-order valence-electron chi connectivity index (χ0n) is 17.6. The van der Waals surface area contributed by atoms with Gasteiger partial charge in [-0.2, -0.15) is 0 Å². The smallest absolute Gasteiger partial charge is 0.253 e. The number of aromatic nitrogens is 3. The summed E-state index contributed by atoms with van der Waals surface area (Å²) >= 11 is 0. The quantitative estimate of drug-likeness (QED) is 0.282. The highest BCUT2D eigenvalue weighted by Crippen LogP contribution is 2.30. The van der Waals surface area contributed by atoms with E-state index in [1.54, 1.807) is 24.3 Å². The monoisotopic (exact) mass is 434 g/mol. The van der Waals surface area contributed by atoms with E-state index in [4.69, 9.17) is 10.5 Å². The molecule has 0 fully saturated rings. The molecule has 0 saturated carbocycles. The minimum absolute atomic E-state index is 0.332. The highest BCUT2D eigenvalue weighted by molar-refractivity contribution is 6.15. The zero-order chi connectivity index (χ0) is 22.8. The molecule has 1 N–H and O–H groups in total. The molecule has 0 saturated heterocycles. The second kappa shape index (κ2) is 8.41. The van der Waals surface area contributed by atoms with E-state index in [-0.39, 0.29) is 5.91 Å². The van der Waals surface area contributed by atoms with E-state index in [1.165, 1.54) is 0 Å². The van der Waals surface area contributed by atoms with Crippen molar-refractivity contribution in [3.8, 4) is 5.69 Å². The Balaban J connectivity index is 1.61. The predicted molar refractivity (Wildman–Crippen MR) is 124 cm³/mol. The largest absolute Gasteiger partial charge is 0.324 e. The SMILES string of the molecule is Cc1nnc2n1-c1ccccc1C(c1ccccc1)=NC2NC(=O)c1ccc(N=[N+]=[N-])cc1. The fourth-order valence-electron chi connectivity index (χ4n) is 3.84. The number of aryl methyl sites for hydroxylation is 1. The normalized spacial score (nSPS) is 14.2. The molecule has 9 heteroatoms. The predicted octanol–water partition coefficient (Wildman–Crippen LogP) is 4.80. The molecule has 160 valence electrons. The lowest BCUT2D eigenvalue weighted by Gasteiger charge is -2.14. The van der Waals surface area contributed by atoms with Crippen LogP contribution in [0.3, 0.4) is 0 Å². The fourth-order valence-corrected chi connectivity index (χ4v) is 3.84. The number of azide groups is 1. The highest BCUT2D eigenvalue weighted by Gasteiger charge is 2.29. The van der Waals surface area contributed by atoms with Gasteiger partial charge >= 0.3 is 0 Å². The second-order valence-electron chi connectivity index (χ2n) is 7.41. The van der Waals surface area contributed by atoms with E-state index in [2.05, 4.69) is 25.5 Å². The molecule has 1 aromatic heterocycles. The molecule has 1 aliphatic rings. The molecule has 1 amide bonds. The third-order valence-electron chi connectivity index (χ3n) is 5.36. The number of nitrogens with zero attached hydrogens (tertiary/aromatic N) is 7. The summed E-state index contributed by atoms with van der Waals surface area (Å²) in [6.07, 6.45) is -0.766. The molecule has 9 nitrogen and oxygen atoms in total. The van der Waals surface area contributed by atoms with Gasteiger partial charge in [-0.15, -0.1) is 10.2 Å². The van der Waals surface area contributed by atoms with Crippen LogP contribution in [0, 0.1) is 6.92 Å². The summed E-state index contributed by atoms with van der Waals surface area (Å²) in [6, 6.07) is 24.1. The minimum atomic E-state index is -0.766. The zero-order valence-corrected chi connectivity index (χ0v) is 17.6. The van der Waals surface area contributed by atoms with E-state index in [0.717, 1.165) is 22.5 Å². The van der Waals surface area contributed by atoms with Gasteiger partial charge in [-0.25, -0.2) is 0 Å². The molecule has 2 heterocycles. The van der Waals surface area contributed by atoms with E-state index in [1.807, 2.05) is 66.1 Å². The van der Waals surface area contributed by atoms with Crippen LogP contribution < -0.4 is 5.32 Å². The van der Waals surface area contributed by atoms with E-state index in [9.17, 15) is 4.79 Å². The number of benzene rings is 3. The topological polar surface area (TPSA) is 121 Å². The number of carbonyl (C=O) groups excluding carboxylic acids is 1. The molecule has 3 aromatic carbocycles. The first kappa shape index (κ1) is 20.2. The van der Waals surface area contributed by atoms with Gasteiger partial charge in [0.15, 0.2) is 12.0 Å². The number of para-hydroxylation sites is 1. The van der Waals surface area contributed by atoms with Crippen LogP contribution in [0.2, 0.25) is 0 Å². The number of rotatable bonds is 4. The van der Waals surface area contributed by atoms with Crippen molar-refractivity contribution in [2.24, 2.45) is 10.1 Å². The number of hydrogen-bond donors (Lipinski definition) is 1. The van der Waals surface area contributed by atoms with E-state index in [0.29, 0.717) is 22.9 Å². The van der Waals surface area contributed by atoms with Crippen molar-refractivity contribution in [3.63, 3.8) is 0 Å². The summed E-state index contributed by atoms with van der Waals surface area (Å²) in [5, 5.41) is 15.1. The lowest BCUT2D eigenvalue weighted by molar-refractivity contribution is 0.0936. The molecule has 4 aromatic rings. The lowest BCUT2D eigenvalue weighted by atomic mass is 10.0. The van der Waals surface area contributed by atoms with Crippen LogP contribution in [0.25, 0.3) is 16.1 Å². The van der Waals surface area contributed by atoms with Gasteiger partial charge in [0.1, 0.15) is 5.82 Å². The maximum Gasteiger partial charge on any atom is 0.253 e. The van der Waals surface area contributed by atoms with Crippen LogP contribution in [-0.4, -0.2) is 26.4 Å². The van der Waals surface area contributed by atoms with E-state index < -0.39 is 6.17 Å². The van der Waals surface area contributed by atoms with Gasteiger partial charge in [-0.05, 0) is 30.7 Å². The Kier molecular flexibility index (Phi) is 5.14. The van der Waals surface area contributed by atoms with Crippen molar-refractivity contribution in [2.75, 3.05) is 0 Å². The van der Waals surface area contributed by atoms with Gasteiger partial charge in [0.25, 0.3) is 5.91 Å². The van der Waals surface area contributed by atoms with Gasteiger partial charge in [0, 0.05) is 27.3 Å². The molecule has 5 rings (SSSR count). The minimum Gasteiger partial charge on any atom is -0.324 e. The summed E-state index contributed by atoms with van der Waals surface area (Å²) in [7, 11) is 0. The van der Waals surface area contributed by atoms with Crippen molar-refractivity contribution in [1.29, 1.82) is 0 Å². The molecule has 0 spiro atoms. The standard InChI is InChI=1S/C24H18N8O/c1-15-28-30-23-22(27-24(33)17-11-13-18(14-12-17)29-31-25)26-21(16-7-3-2-4-8-16)19-9-5-6-10-20(19)32(15)23/h2-14,22H,1H3,(H,27,33). The molecular weight excluding hydrogens is 416 g/mol. The van der Waals surface area contributed by atoms with Crippen LogP contribution in [0.4, 0.5) is 5.69 Å². The Labute approximate surface area is 189 Å². The Morgan fingerprint density at radius 1 is 1.00 bits per heavy atom. The third kappa shape index (κ3) is 3.73. The Bertz CT molecular complexity index is 1420. The number of fused-ring (bicyclic) bond motifs is 3. The van der Waals surface area contributed by atoms with Gasteiger partial charge in [-0.3, -0.25) is 14.4 Å². The van der Waals surface area contributed by atoms with Crippen molar-refractivity contribution >= 4 is 17.3 Å². The first-order chi connectivity index (χ1) is 16.2. The summed E-state index contributed by atoms with van der Waals surface area (Å²) in [5.41, 5.74) is 12.9. The molecular formula is C24H18N8O.